The van der Waals surface area contributed by atoms with Crippen LogP contribution in [-0.4, -0.2) is 56.8 Å². The van der Waals surface area contributed by atoms with Gasteiger partial charge in [-0.1, -0.05) is 17.7 Å². The number of urea groups is 1. The minimum Gasteiger partial charge on any atom is -0.496 e. The van der Waals surface area contributed by atoms with Crippen molar-refractivity contribution < 1.29 is 19.1 Å². The second-order valence-corrected chi connectivity index (χ2v) is 7.62. The molecule has 1 fully saturated rings. The molecule has 0 atom stereocenters. The van der Waals surface area contributed by atoms with E-state index in [1.54, 1.807) is 36.4 Å². The number of primary amides is 1. The van der Waals surface area contributed by atoms with Gasteiger partial charge in [-0.05, 0) is 49.7 Å². The Labute approximate surface area is 186 Å². The molecule has 1 aliphatic rings. The van der Waals surface area contributed by atoms with Crippen LogP contribution in [-0.2, 0) is 11.2 Å². The molecule has 0 aromatic heterocycles. The van der Waals surface area contributed by atoms with Crippen LogP contribution in [0.25, 0.3) is 0 Å². The Morgan fingerprint density at radius 1 is 1.19 bits per heavy atom. The van der Waals surface area contributed by atoms with Crippen LogP contribution in [0.1, 0.15) is 22.3 Å². The van der Waals surface area contributed by atoms with Crippen molar-refractivity contribution in [3.63, 3.8) is 0 Å². The van der Waals surface area contributed by atoms with Gasteiger partial charge in [0.1, 0.15) is 5.75 Å². The lowest BCUT2D eigenvalue weighted by Crippen LogP contribution is -2.37. The predicted octanol–water partition coefficient (Wildman–Crippen LogP) is 3.36. The number of anilines is 2. The van der Waals surface area contributed by atoms with Crippen molar-refractivity contribution in [3.05, 3.63) is 52.5 Å². The number of morpholine rings is 1. The average molecular weight is 447 g/mol. The smallest absolute Gasteiger partial charge is 0.323 e. The molecular formula is C22H27ClN4O4. The van der Waals surface area contributed by atoms with Crippen LogP contribution in [0.15, 0.2) is 36.4 Å². The molecule has 4 N–H and O–H groups in total. The number of amides is 3. The van der Waals surface area contributed by atoms with E-state index in [9.17, 15) is 9.59 Å². The molecule has 1 aliphatic heterocycles. The summed E-state index contributed by atoms with van der Waals surface area (Å²) in [5.74, 6) is -0.198. The van der Waals surface area contributed by atoms with Gasteiger partial charge in [-0.2, -0.15) is 0 Å². The molecule has 0 radical (unpaired) electrons. The number of nitrogens with one attached hydrogen (secondary N) is 2. The summed E-state index contributed by atoms with van der Waals surface area (Å²) in [7, 11) is 1.49. The number of carbonyl (C=O) groups excluding carboxylic acids is 2. The summed E-state index contributed by atoms with van der Waals surface area (Å²) in [6.07, 6.45) is 1.43. The lowest BCUT2D eigenvalue weighted by Gasteiger charge is -2.26. The quantitative estimate of drug-likeness (QED) is 0.576. The van der Waals surface area contributed by atoms with Crippen molar-refractivity contribution in [1.82, 2.24) is 4.90 Å². The van der Waals surface area contributed by atoms with E-state index in [0.717, 1.165) is 44.8 Å². The summed E-state index contributed by atoms with van der Waals surface area (Å²) in [5.41, 5.74) is 7.66. The Bertz CT molecular complexity index is 932. The zero-order valence-electron chi connectivity index (χ0n) is 17.4. The minimum absolute atomic E-state index is 0.282. The number of benzene rings is 2. The number of nitrogens with two attached hydrogens (primary N) is 1. The van der Waals surface area contributed by atoms with Crippen molar-refractivity contribution >= 4 is 34.9 Å². The fourth-order valence-electron chi connectivity index (χ4n) is 3.58. The summed E-state index contributed by atoms with van der Waals surface area (Å²) in [6, 6.07) is 9.67. The summed E-state index contributed by atoms with van der Waals surface area (Å²) in [6.45, 7) is 4.13. The molecule has 3 rings (SSSR count). The molecule has 31 heavy (non-hydrogen) atoms. The van der Waals surface area contributed by atoms with Crippen LogP contribution in [0.4, 0.5) is 16.2 Å². The summed E-state index contributed by atoms with van der Waals surface area (Å²) >= 11 is 5.98. The molecule has 166 valence electrons. The zero-order chi connectivity index (χ0) is 22.2. The lowest BCUT2D eigenvalue weighted by atomic mass is 10.0. The van der Waals surface area contributed by atoms with Crippen LogP contribution in [0, 0.1) is 0 Å². The number of nitrogens with zero attached hydrogens (tertiary/aromatic N) is 1. The standard InChI is InChI=1S/C22H27ClN4O4/c1-30-20-17(6-3-9-27-10-12-31-13-11-27)19(8-7-18(20)21(24)28)26-22(29)25-16-5-2-4-15(23)14-16/h2,4-5,7-8,14H,3,6,9-13H2,1H3,(H2,24,28)(H2,25,26,29). The van der Waals surface area contributed by atoms with Crippen LogP contribution in [0.2, 0.25) is 5.02 Å². The largest absolute Gasteiger partial charge is 0.496 e. The van der Waals surface area contributed by atoms with E-state index in [1.165, 1.54) is 7.11 Å². The molecule has 3 amide bonds. The highest BCUT2D eigenvalue weighted by atomic mass is 35.5. The molecule has 8 nitrogen and oxygen atoms in total. The van der Waals surface area contributed by atoms with Gasteiger partial charge in [0.25, 0.3) is 5.91 Å². The number of methoxy groups -OCH3 is 1. The van der Waals surface area contributed by atoms with Gasteiger partial charge in [-0.3, -0.25) is 9.69 Å². The van der Waals surface area contributed by atoms with Crippen LogP contribution in [0.5, 0.6) is 5.75 Å². The van der Waals surface area contributed by atoms with E-state index in [0.29, 0.717) is 28.6 Å². The topological polar surface area (TPSA) is 106 Å². The number of halogens is 1. The lowest BCUT2D eigenvalue weighted by molar-refractivity contribution is 0.0374. The van der Waals surface area contributed by atoms with Crippen molar-refractivity contribution in [2.24, 2.45) is 5.73 Å². The molecular weight excluding hydrogens is 420 g/mol. The van der Waals surface area contributed by atoms with Gasteiger partial charge in [0.05, 0.1) is 25.9 Å². The van der Waals surface area contributed by atoms with Gasteiger partial charge in [0.2, 0.25) is 0 Å². The average Bonchev–Trinajstić information content (AvgIpc) is 2.75. The highest BCUT2D eigenvalue weighted by molar-refractivity contribution is 6.30. The first-order valence-electron chi connectivity index (χ1n) is 10.1. The van der Waals surface area contributed by atoms with E-state index in [1.807, 2.05) is 0 Å². The third-order valence-electron chi connectivity index (χ3n) is 5.07. The number of hydrogen-bond acceptors (Lipinski definition) is 5. The monoisotopic (exact) mass is 446 g/mol. The SMILES string of the molecule is COc1c(C(N)=O)ccc(NC(=O)Nc2cccc(Cl)c2)c1CCCN1CCOCC1. The number of rotatable bonds is 8. The van der Waals surface area contributed by atoms with Gasteiger partial charge in [0.15, 0.2) is 0 Å². The van der Waals surface area contributed by atoms with E-state index >= 15 is 0 Å². The fraction of sp³-hybridized carbons (Fsp3) is 0.364. The molecule has 9 heteroatoms. The van der Waals surface area contributed by atoms with Gasteiger partial charge >= 0.3 is 6.03 Å². The molecule has 1 heterocycles. The Kier molecular flexibility index (Phi) is 8.11. The molecule has 0 saturated carbocycles. The third kappa shape index (κ3) is 6.33. The van der Waals surface area contributed by atoms with E-state index in [-0.39, 0.29) is 5.56 Å². The van der Waals surface area contributed by atoms with Crippen molar-refractivity contribution in [2.75, 3.05) is 50.6 Å². The highest BCUT2D eigenvalue weighted by Crippen LogP contribution is 2.32. The maximum Gasteiger partial charge on any atom is 0.323 e. The van der Waals surface area contributed by atoms with Gasteiger partial charge in [0, 0.05) is 35.1 Å². The number of carbonyl (C=O) groups is 2. The van der Waals surface area contributed by atoms with Gasteiger partial charge in [-0.25, -0.2) is 4.79 Å². The second kappa shape index (κ2) is 11.0. The Balaban J connectivity index is 1.77. The van der Waals surface area contributed by atoms with Crippen molar-refractivity contribution in [1.29, 1.82) is 0 Å². The summed E-state index contributed by atoms with van der Waals surface area (Å²) in [5, 5.41) is 6.12. The normalized spacial score (nSPS) is 14.1. The molecule has 0 unspecified atom stereocenters. The van der Waals surface area contributed by atoms with Gasteiger partial charge in [-0.15, -0.1) is 0 Å². The Hall–Kier alpha value is -2.81. The Morgan fingerprint density at radius 3 is 2.65 bits per heavy atom. The van der Waals surface area contributed by atoms with E-state index in [2.05, 4.69) is 15.5 Å². The number of ether oxygens (including phenoxy) is 2. The van der Waals surface area contributed by atoms with Crippen LogP contribution >= 0.6 is 11.6 Å². The maximum absolute atomic E-state index is 12.6. The second-order valence-electron chi connectivity index (χ2n) is 7.18. The summed E-state index contributed by atoms with van der Waals surface area (Å²) in [4.78, 5) is 26.8. The number of hydrogen-bond donors (Lipinski definition) is 3. The first-order valence-corrected chi connectivity index (χ1v) is 10.5. The summed E-state index contributed by atoms with van der Waals surface area (Å²) < 4.78 is 10.9. The molecule has 0 spiro atoms. The zero-order valence-corrected chi connectivity index (χ0v) is 18.2. The first-order chi connectivity index (χ1) is 15.0. The first kappa shape index (κ1) is 22.9. The van der Waals surface area contributed by atoms with Crippen molar-refractivity contribution in [2.45, 2.75) is 12.8 Å². The third-order valence-corrected chi connectivity index (χ3v) is 5.30. The van der Waals surface area contributed by atoms with E-state index < -0.39 is 11.9 Å². The minimum atomic E-state index is -0.582. The molecule has 2 aromatic rings. The molecule has 1 saturated heterocycles. The van der Waals surface area contributed by atoms with Gasteiger partial charge < -0.3 is 25.8 Å². The van der Waals surface area contributed by atoms with Crippen LogP contribution < -0.4 is 21.1 Å². The fourth-order valence-corrected chi connectivity index (χ4v) is 3.77. The maximum atomic E-state index is 12.6. The van der Waals surface area contributed by atoms with Crippen LogP contribution in [0.3, 0.4) is 0 Å². The molecule has 0 aliphatic carbocycles. The molecule has 0 bridgehead atoms. The highest BCUT2D eigenvalue weighted by Gasteiger charge is 2.19. The molecule has 2 aromatic carbocycles. The Morgan fingerprint density at radius 2 is 1.97 bits per heavy atom. The van der Waals surface area contributed by atoms with E-state index in [4.69, 9.17) is 26.8 Å². The predicted molar refractivity (Wildman–Crippen MR) is 121 cm³/mol. The van der Waals surface area contributed by atoms with Crippen molar-refractivity contribution in [3.8, 4) is 5.75 Å².